The van der Waals surface area contributed by atoms with E-state index in [4.69, 9.17) is 11.6 Å². The second-order valence-electron chi connectivity index (χ2n) is 4.93. The summed E-state index contributed by atoms with van der Waals surface area (Å²) >= 11 is 6.24. The first-order chi connectivity index (χ1) is 8.08. The molecular weight excluding hydrogens is 230 g/mol. The van der Waals surface area contributed by atoms with E-state index in [1.165, 1.54) is 18.4 Å². The summed E-state index contributed by atoms with van der Waals surface area (Å²) in [6.07, 6.45) is 3.58. The highest BCUT2D eigenvalue weighted by atomic mass is 35.5. The smallest absolute Gasteiger partial charge is 0.0640 e. The van der Waals surface area contributed by atoms with Crippen LogP contribution in [0.15, 0.2) is 18.2 Å². The second-order valence-corrected chi connectivity index (χ2v) is 5.34. The Balaban J connectivity index is 2.73. The van der Waals surface area contributed by atoms with Gasteiger partial charge in [0, 0.05) is 6.04 Å². The fourth-order valence-electron chi connectivity index (χ4n) is 2.00. The Bertz CT molecular complexity index is 329. The SMILES string of the molecule is CCC(C)CC(CC)Nc1c(C)cccc1Cl. The number of anilines is 1. The topological polar surface area (TPSA) is 12.0 Å². The van der Waals surface area contributed by atoms with Crippen LogP contribution in [0, 0.1) is 12.8 Å². The van der Waals surface area contributed by atoms with Crippen LogP contribution in [0.2, 0.25) is 5.02 Å². The molecule has 0 radical (unpaired) electrons. The van der Waals surface area contributed by atoms with E-state index in [-0.39, 0.29) is 0 Å². The van der Waals surface area contributed by atoms with E-state index >= 15 is 0 Å². The van der Waals surface area contributed by atoms with Crippen LogP contribution in [0.25, 0.3) is 0 Å². The van der Waals surface area contributed by atoms with Crippen LogP contribution in [0.1, 0.15) is 45.6 Å². The van der Waals surface area contributed by atoms with Crippen molar-refractivity contribution in [2.45, 2.75) is 53.0 Å². The van der Waals surface area contributed by atoms with Crippen LogP contribution in [0.4, 0.5) is 5.69 Å². The Kier molecular flexibility index (Phi) is 5.84. The normalized spacial score (nSPS) is 14.4. The monoisotopic (exact) mass is 253 g/mol. The fraction of sp³-hybridized carbons (Fsp3) is 0.600. The lowest BCUT2D eigenvalue weighted by atomic mass is 9.97. The largest absolute Gasteiger partial charge is 0.381 e. The molecule has 0 bridgehead atoms. The molecule has 0 saturated carbocycles. The minimum Gasteiger partial charge on any atom is -0.381 e. The van der Waals surface area contributed by atoms with Gasteiger partial charge in [0.25, 0.3) is 0 Å². The van der Waals surface area contributed by atoms with Crippen molar-refractivity contribution in [1.29, 1.82) is 0 Å². The van der Waals surface area contributed by atoms with Crippen molar-refractivity contribution < 1.29 is 0 Å². The Morgan fingerprint density at radius 1 is 1.24 bits per heavy atom. The van der Waals surface area contributed by atoms with Crippen molar-refractivity contribution in [3.8, 4) is 0 Å². The quantitative estimate of drug-likeness (QED) is 0.728. The standard InChI is InChI=1S/C15H24ClN/c1-5-11(3)10-13(6-2)17-15-12(4)8-7-9-14(15)16/h7-9,11,13,17H,5-6,10H2,1-4H3. The summed E-state index contributed by atoms with van der Waals surface area (Å²) in [5, 5.41) is 4.43. The van der Waals surface area contributed by atoms with Crippen molar-refractivity contribution in [3.63, 3.8) is 0 Å². The van der Waals surface area contributed by atoms with E-state index in [0.29, 0.717) is 6.04 Å². The maximum absolute atomic E-state index is 6.24. The lowest BCUT2D eigenvalue weighted by Gasteiger charge is -2.23. The number of hydrogen-bond donors (Lipinski definition) is 1. The number of halogens is 1. The molecule has 0 aromatic heterocycles. The van der Waals surface area contributed by atoms with Crippen LogP contribution >= 0.6 is 11.6 Å². The van der Waals surface area contributed by atoms with Crippen molar-refractivity contribution in [1.82, 2.24) is 0 Å². The highest BCUT2D eigenvalue weighted by molar-refractivity contribution is 6.33. The van der Waals surface area contributed by atoms with E-state index in [1.807, 2.05) is 12.1 Å². The molecule has 0 aliphatic carbocycles. The van der Waals surface area contributed by atoms with Crippen LogP contribution in [0.5, 0.6) is 0 Å². The molecular formula is C15H24ClN. The predicted octanol–water partition coefficient (Wildman–Crippen LogP) is 5.28. The first kappa shape index (κ1) is 14.4. The summed E-state index contributed by atoms with van der Waals surface area (Å²) < 4.78 is 0. The third-order valence-electron chi connectivity index (χ3n) is 3.45. The fourth-order valence-corrected chi connectivity index (χ4v) is 2.28. The number of nitrogens with one attached hydrogen (secondary N) is 1. The average Bonchev–Trinajstić information content (AvgIpc) is 2.32. The van der Waals surface area contributed by atoms with E-state index < -0.39 is 0 Å². The van der Waals surface area contributed by atoms with Gasteiger partial charge >= 0.3 is 0 Å². The van der Waals surface area contributed by atoms with Crippen LogP contribution in [-0.2, 0) is 0 Å². The van der Waals surface area contributed by atoms with E-state index in [0.717, 1.165) is 23.0 Å². The van der Waals surface area contributed by atoms with Crippen LogP contribution < -0.4 is 5.32 Å². The van der Waals surface area contributed by atoms with Gasteiger partial charge < -0.3 is 5.32 Å². The van der Waals surface area contributed by atoms with Gasteiger partial charge in [0.2, 0.25) is 0 Å². The Labute approximate surface area is 111 Å². The Morgan fingerprint density at radius 3 is 2.47 bits per heavy atom. The number of rotatable bonds is 6. The summed E-state index contributed by atoms with van der Waals surface area (Å²) in [6.45, 7) is 8.89. The molecule has 0 saturated heterocycles. The van der Waals surface area contributed by atoms with Gasteiger partial charge in [0.05, 0.1) is 10.7 Å². The number of hydrogen-bond acceptors (Lipinski definition) is 1. The third-order valence-corrected chi connectivity index (χ3v) is 3.76. The molecule has 1 rings (SSSR count). The highest BCUT2D eigenvalue weighted by Crippen LogP contribution is 2.27. The second kappa shape index (κ2) is 6.90. The predicted molar refractivity (Wildman–Crippen MR) is 78.0 cm³/mol. The van der Waals surface area contributed by atoms with Crippen LogP contribution in [0.3, 0.4) is 0 Å². The molecule has 1 aromatic rings. The number of benzene rings is 1. The van der Waals surface area contributed by atoms with E-state index in [1.54, 1.807) is 0 Å². The van der Waals surface area contributed by atoms with Crippen molar-refractivity contribution in [3.05, 3.63) is 28.8 Å². The minimum absolute atomic E-state index is 0.517. The average molecular weight is 254 g/mol. The lowest BCUT2D eigenvalue weighted by molar-refractivity contribution is 0.461. The van der Waals surface area contributed by atoms with Crippen molar-refractivity contribution in [2.75, 3.05) is 5.32 Å². The van der Waals surface area contributed by atoms with Gasteiger partial charge in [-0.05, 0) is 37.3 Å². The summed E-state index contributed by atoms with van der Waals surface area (Å²) in [6, 6.07) is 6.57. The summed E-state index contributed by atoms with van der Waals surface area (Å²) in [5.74, 6) is 0.759. The first-order valence-electron chi connectivity index (χ1n) is 6.60. The molecule has 1 aromatic carbocycles. The molecule has 0 spiro atoms. The zero-order chi connectivity index (χ0) is 12.8. The molecule has 0 amide bonds. The zero-order valence-corrected chi connectivity index (χ0v) is 12.1. The maximum atomic E-state index is 6.24. The zero-order valence-electron chi connectivity index (χ0n) is 11.4. The molecule has 0 aliphatic heterocycles. The molecule has 96 valence electrons. The van der Waals surface area contributed by atoms with Gasteiger partial charge in [-0.1, -0.05) is 50.9 Å². The third kappa shape index (κ3) is 4.23. The Morgan fingerprint density at radius 2 is 1.94 bits per heavy atom. The summed E-state index contributed by atoms with van der Waals surface area (Å²) in [5.41, 5.74) is 2.32. The van der Waals surface area contributed by atoms with Gasteiger partial charge in [-0.3, -0.25) is 0 Å². The first-order valence-corrected chi connectivity index (χ1v) is 6.97. The van der Waals surface area contributed by atoms with Gasteiger partial charge in [-0.25, -0.2) is 0 Å². The molecule has 0 fully saturated rings. The van der Waals surface area contributed by atoms with Gasteiger partial charge in [0.15, 0.2) is 0 Å². The molecule has 0 heterocycles. The van der Waals surface area contributed by atoms with Crippen molar-refractivity contribution in [2.24, 2.45) is 5.92 Å². The molecule has 2 atom stereocenters. The number of aryl methyl sites for hydroxylation is 1. The van der Waals surface area contributed by atoms with E-state index in [9.17, 15) is 0 Å². The van der Waals surface area contributed by atoms with Gasteiger partial charge in [-0.2, -0.15) is 0 Å². The Hall–Kier alpha value is -0.690. The summed E-state index contributed by atoms with van der Waals surface area (Å²) in [4.78, 5) is 0. The van der Waals surface area contributed by atoms with Crippen molar-refractivity contribution >= 4 is 17.3 Å². The molecule has 2 unspecified atom stereocenters. The van der Waals surface area contributed by atoms with E-state index in [2.05, 4.69) is 39.1 Å². The lowest BCUT2D eigenvalue weighted by Crippen LogP contribution is -2.22. The highest BCUT2D eigenvalue weighted by Gasteiger charge is 2.12. The summed E-state index contributed by atoms with van der Waals surface area (Å²) in [7, 11) is 0. The maximum Gasteiger partial charge on any atom is 0.0640 e. The van der Waals surface area contributed by atoms with Gasteiger partial charge in [-0.15, -0.1) is 0 Å². The van der Waals surface area contributed by atoms with Gasteiger partial charge in [0.1, 0.15) is 0 Å². The molecule has 0 aliphatic rings. The molecule has 2 heteroatoms. The number of para-hydroxylation sites is 1. The molecule has 1 nitrogen and oxygen atoms in total. The molecule has 17 heavy (non-hydrogen) atoms. The molecule has 1 N–H and O–H groups in total. The minimum atomic E-state index is 0.517. The van der Waals surface area contributed by atoms with Crippen LogP contribution in [-0.4, -0.2) is 6.04 Å².